The van der Waals surface area contributed by atoms with E-state index >= 15 is 0 Å². The smallest absolute Gasteiger partial charge is 0.243 e. The van der Waals surface area contributed by atoms with Crippen LogP contribution in [0.4, 0.5) is 5.69 Å². The van der Waals surface area contributed by atoms with E-state index in [1.165, 1.54) is 22.1 Å². The van der Waals surface area contributed by atoms with Crippen molar-refractivity contribution in [3.8, 4) is 0 Å². The highest BCUT2D eigenvalue weighted by molar-refractivity contribution is 8.00. The lowest BCUT2D eigenvalue weighted by molar-refractivity contribution is -0.115. The number of sulfonamides is 1. The van der Waals surface area contributed by atoms with Gasteiger partial charge >= 0.3 is 0 Å². The van der Waals surface area contributed by atoms with E-state index in [-0.39, 0.29) is 10.8 Å². The summed E-state index contributed by atoms with van der Waals surface area (Å²) in [7, 11) is -3.61. The van der Waals surface area contributed by atoms with Gasteiger partial charge in [-0.05, 0) is 51.3 Å². The molecule has 1 fully saturated rings. The molecule has 1 N–H and O–H groups in total. The van der Waals surface area contributed by atoms with Crippen molar-refractivity contribution in [2.24, 2.45) is 0 Å². The highest BCUT2D eigenvalue weighted by atomic mass is 32.2. The summed E-state index contributed by atoms with van der Waals surface area (Å²) >= 11 is 1.36. The third kappa shape index (κ3) is 5.12. The van der Waals surface area contributed by atoms with E-state index in [0.29, 0.717) is 30.3 Å². The van der Waals surface area contributed by atoms with Gasteiger partial charge in [-0.3, -0.25) is 4.79 Å². The van der Waals surface area contributed by atoms with E-state index in [1.807, 2.05) is 27.7 Å². The molecule has 1 atom stereocenters. The number of thioether (sulfide) groups is 1. The van der Waals surface area contributed by atoms with Gasteiger partial charge in [0.1, 0.15) is 5.82 Å². The third-order valence-corrected chi connectivity index (χ3v) is 8.71. The zero-order valence-corrected chi connectivity index (χ0v) is 20.4. The second kappa shape index (κ2) is 9.70. The van der Waals surface area contributed by atoms with Gasteiger partial charge in [-0.1, -0.05) is 31.7 Å². The Morgan fingerprint density at radius 2 is 1.94 bits per heavy atom. The number of hydrogen-bond acceptors (Lipinski definition) is 6. The minimum atomic E-state index is -3.61. The molecule has 0 radical (unpaired) electrons. The van der Waals surface area contributed by atoms with Crippen LogP contribution in [0.1, 0.15) is 57.8 Å². The Morgan fingerprint density at radius 1 is 1.26 bits per heavy atom. The number of carbonyl (C=O) groups is 1. The number of rotatable bonds is 10. The van der Waals surface area contributed by atoms with Crippen LogP contribution in [-0.4, -0.2) is 51.7 Å². The molecule has 170 valence electrons. The molecule has 0 spiro atoms. The number of carbonyl (C=O) groups excluding carboxylic acids is 1. The van der Waals surface area contributed by atoms with Gasteiger partial charge in [-0.15, -0.1) is 10.2 Å². The molecule has 1 unspecified atom stereocenters. The topological polar surface area (TPSA) is 97.2 Å². The Kier molecular flexibility index (Phi) is 7.43. The van der Waals surface area contributed by atoms with Gasteiger partial charge < -0.3 is 9.88 Å². The molecule has 10 heteroatoms. The average Bonchev–Trinajstić information content (AvgIpc) is 3.50. The van der Waals surface area contributed by atoms with Gasteiger partial charge in [0.25, 0.3) is 0 Å². The zero-order valence-electron chi connectivity index (χ0n) is 18.8. The van der Waals surface area contributed by atoms with Crippen molar-refractivity contribution in [1.29, 1.82) is 0 Å². The summed E-state index contributed by atoms with van der Waals surface area (Å²) in [6.45, 7) is 10.8. The Balaban J connectivity index is 1.75. The van der Waals surface area contributed by atoms with Crippen LogP contribution in [0.5, 0.6) is 0 Å². The molecule has 1 heterocycles. The van der Waals surface area contributed by atoms with E-state index < -0.39 is 15.3 Å². The predicted molar refractivity (Wildman–Crippen MR) is 123 cm³/mol. The molecule has 1 aliphatic rings. The van der Waals surface area contributed by atoms with Crippen molar-refractivity contribution in [1.82, 2.24) is 19.1 Å². The van der Waals surface area contributed by atoms with Crippen LogP contribution in [0.3, 0.4) is 0 Å². The summed E-state index contributed by atoms with van der Waals surface area (Å²) < 4.78 is 29.4. The summed E-state index contributed by atoms with van der Waals surface area (Å²) in [5, 5.41) is 11.8. The summed E-state index contributed by atoms with van der Waals surface area (Å²) in [6, 6.07) is 4.99. The first kappa shape index (κ1) is 23.7. The molecule has 2 aromatic rings. The van der Waals surface area contributed by atoms with Crippen LogP contribution in [0.25, 0.3) is 0 Å². The molecule has 31 heavy (non-hydrogen) atoms. The van der Waals surface area contributed by atoms with Crippen LogP contribution in [0, 0.1) is 6.92 Å². The number of amides is 1. The first-order valence-corrected chi connectivity index (χ1v) is 13.1. The van der Waals surface area contributed by atoms with Gasteiger partial charge in [0.15, 0.2) is 5.16 Å². The van der Waals surface area contributed by atoms with Gasteiger partial charge in [-0.25, -0.2) is 8.42 Å². The normalized spacial score (nSPS) is 15.3. The molecule has 8 nitrogen and oxygen atoms in total. The predicted octanol–water partition coefficient (Wildman–Crippen LogP) is 3.63. The fourth-order valence-electron chi connectivity index (χ4n) is 3.44. The van der Waals surface area contributed by atoms with Crippen LogP contribution < -0.4 is 5.32 Å². The van der Waals surface area contributed by atoms with E-state index in [2.05, 4.69) is 20.1 Å². The molecular weight excluding hydrogens is 434 g/mol. The summed E-state index contributed by atoms with van der Waals surface area (Å²) in [5.41, 5.74) is 1.11. The zero-order chi connectivity index (χ0) is 22.8. The maximum absolute atomic E-state index is 13.0. The second-order valence-electron chi connectivity index (χ2n) is 7.68. The van der Waals surface area contributed by atoms with E-state index in [0.717, 1.165) is 30.4 Å². The number of nitrogens with zero attached hydrogens (tertiary/aromatic N) is 4. The highest BCUT2D eigenvalue weighted by Crippen LogP contribution is 2.40. The Bertz CT molecular complexity index is 1040. The lowest BCUT2D eigenvalue weighted by Gasteiger charge is -2.20. The molecule has 0 aliphatic heterocycles. The Hall–Kier alpha value is -1.91. The fraction of sp³-hybridized carbons (Fsp3) is 0.571. The molecule has 1 aromatic heterocycles. The van der Waals surface area contributed by atoms with E-state index in [1.54, 1.807) is 19.1 Å². The third-order valence-electron chi connectivity index (χ3n) is 5.43. The number of nitrogens with one attached hydrogen (secondary N) is 1. The van der Waals surface area contributed by atoms with Crippen molar-refractivity contribution < 1.29 is 13.2 Å². The first-order valence-electron chi connectivity index (χ1n) is 10.7. The number of benzene rings is 1. The Labute approximate surface area is 188 Å². The SMILES string of the molecule is CCN(CC)S(=O)(=O)c1cc(NC(=O)C(C)Sc2nnc(C3CC3)n2CC)ccc1C. The van der Waals surface area contributed by atoms with Crippen molar-refractivity contribution in [3.63, 3.8) is 0 Å². The largest absolute Gasteiger partial charge is 0.325 e. The lowest BCUT2D eigenvalue weighted by atomic mass is 10.2. The number of aryl methyl sites for hydroxylation is 1. The van der Waals surface area contributed by atoms with Crippen molar-refractivity contribution in [2.45, 2.75) is 75.2 Å². The highest BCUT2D eigenvalue weighted by Gasteiger charge is 2.31. The summed E-state index contributed by atoms with van der Waals surface area (Å²) in [5.74, 6) is 1.28. The van der Waals surface area contributed by atoms with Gasteiger partial charge in [0.05, 0.1) is 10.1 Å². The summed E-state index contributed by atoms with van der Waals surface area (Å²) in [6.07, 6.45) is 2.29. The second-order valence-corrected chi connectivity index (χ2v) is 10.9. The van der Waals surface area contributed by atoms with E-state index in [9.17, 15) is 13.2 Å². The van der Waals surface area contributed by atoms with Crippen LogP contribution >= 0.6 is 11.8 Å². The molecule has 0 saturated heterocycles. The molecule has 1 saturated carbocycles. The number of anilines is 1. The monoisotopic (exact) mass is 465 g/mol. The average molecular weight is 466 g/mol. The maximum atomic E-state index is 13.0. The van der Waals surface area contributed by atoms with Gasteiger partial charge in [-0.2, -0.15) is 4.31 Å². The standard InChI is InChI=1S/C21H31N5O3S2/c1-6-25(7-2)31(28,29)18-13-17(12-9-14(18)4)22-20(27)15(5)30-21-24-23-19(16-10-11-16)26(21)8-3/h9,12-13,15-16H,6-8,10-11H2,1-5H3,(H,22,27). The molecule has 0 bridgehead atoms. The first-order chi connectivity index (χ1) is 14.7. The summed E-state index contributed by atoms with van der Waals surface area (Å²) in [4.78, 5) is 13.0. The molecule has 1 aliphatic carbocycles. The quantitative estimate of drug-likeness (QED) is 0.538. The molecule has 1 aromatic carbocycles. The molecule has 1 amide bonds. The van der Waals surface area contributed by atoms with Crippen molar-refractivity contribution >= 4 is 33.4 Å². The van der Waals surface area contributed by atoms with Crippen molar-refractivity contribution in [2.75, 3.05) is 18.4 Å². The maximum Gasteiger partial charge on any atom is 0.243 e. The number of hydrogen-bond donors (Lipinski definition) is 1. The number of aromatic nitrogens is 3. The minimum absolute atomic E-state index is 0.210. The van der Waals surface area contributed by atoms with E-state index in [4.69, 9.17) is 0 Å². The van der Waals surface area contributed by atoms with Crippen LogP contribution in [0.15, 0.2) is 28.3 Å². The lowest BCUT2D eigenvalue weighted by Crippen LogP contribution is -2.31. The fourth-order valence-corrected chi connectivity index (χ4v) is 6.07. The molecular formula is C21H31N5O3S2. The molecule has 3 rings (SSSR count). The minimum Gasteiger partial charge on any atom is -0.325 e. The van der Waals surface area contributed by atoms with Crippen molar-refractivity contribution in [3.05, 3.63) is 29.6 Å². The Morgan fingerprint density at radius 3 is 2.52 bits per heavy atom. The van der Waals surface area contributed by atoms with Crippen LogP contribution in [-0.2, 0) is 21.4 Å². The van der Waals surface area contributed by atoms with Gasteiger partial charge in [0, 0.05) is 31.2 Å². The van der Waals surface area contributed by atoms with Gasteiger partial charge in [0.2, 0.25) is 15.9 Å². The van der Waals surface area contributed by atoms with Crippen LogP contribution in [0.2, 0.25) is 0 Å².